The largest absolute Gasteiger partial charge is 0.497 e. The molecule has 4 nitrogen and oxygen atoms in total. The molecule has 0 aliphatic heterocycles. The Kier molecular flexibility index (Phi) is 5.53. The SMILES string of the molecule is COc1ccc(C(NC(=O)CCC(=O)c2ccc(C)s2)C2CC2)cc1. The molecule has 1 N–H and O–H groups in total. The minimum atomic E-state index is -0.0608. The van der Waals surface area contributed by atoms with E-state index in [0.717, 1.165) is 33.9 Å². The Morgan fingerprint density at radius 1 is 1.16 bits per heavy atom. The van der Waals surface area contributed by atoms with Crippen molar-refractivity contribution in [1.29, 1.82) is 0 Å². The number of Topliss-reactive ketones (excluding diaryl/α,β-unsaturated/α-hetero) is 1. The van der Waals surface area contributed by atoms with Gasteiger partial charge >= 0.3 is 0 Å². The van der Waals surface area contributed by atoms with Crippen LogP contribution in [0.5, 0.6) is 5.75 Å². The van der Waals surface area contributed by atoms with Crippen molar-refractivity contribution in [3.63, 3.8) is 0 Å². The first kappa shape index (κ1) is 17.7. The number of benzene rings is 1. The van der Waals surface area contributed by atoms with Crippen LogP contribution in [0.15, 0.2) is 36.4 Å². The molecule has 1 fully saturated rings. The number of carbonyl (C=O) groups is 2. The fourth-order valence-corrected chi connectivity index (χ4v) is 3.73. The van der Waals surface area contributed by atoms with E-state index < -0.39 is 0 Å². The maximum Gasteiger partial charge on any atom is 0.220 e. The molecule has 1 aliphatic rings. The molecule has 0 saturated heterocycles. The highest BCUT2D eigenvalue weighted by Crippen LogP contribution is 2.41. The number of aryl methyl sites for hydroxylation is 1. The zero-order valence-electron chi connectivity index (χ0n) is 14.6. The van der Waals surface area contributed by atoms with Gasteiger partial charge in [0.05, 0.1) is 18.0 Å². The molecule has 132 valence electrons. The van der Waals surface area contributed by atoms with E-state index in [1.807, 2.05) is 43.3 Å². The van der Waals surface area contributed by atoms with Crippen LogP contribution in [-0.4, -0.2) is 18.8 Å². The molecular weight excluding hydrogens is 334 g/mol. The first-order valence-electron chi connectivity index (χ1n) is 8.60. The molecule has 1 saturated carbocycles. The molecule has 1 unspecified atom stereocenters. The van der Waals surface area contributed by atoms with Crippen LogP contribution in [0, 0.1) is 12.8 Å². The fourth-order valence-electron chi connectivity index (χ4n) is 2.89. The zero-order valence-corrected chi connectivity index (χ0v) is 15.4. The summed E-state index contributed by atoms with van der Waals surface area (Å²) in [6.45, 7) is 1.98. The number of thiophene rings is 1. The first-order valence-corrected chi connectivity index (χ1v) is 9.41. The van der Waals surface area contributed by atoms with Gasteiger partial charge in [-0.2, -0.15) is 0 Å². The summed E-state index contributed by atoms with van der Waals surface area (Å²) >= 11 is 1.48. The third kappa shape index (κ3) is 4.69. The number of carbonyl (C=O) groups excluding carboxylic acids is 2. The number of nitrogens with one attached hydrogen (secondary N) is 1. The van der Waals surface area contributed by atoms with Gasteiger partial charge < -0.3 is 10.1 Å². The standard InChI is InChI=1S/C20H23NO3S/c1-13-3-11-18(25-13)17(22)10-12-19(23)21-20(14-4-5-14)15-6-8-16(24-2)9-7-15/h3,6-9,11,14,20H,4-5,10,12H2,1-2H3,(H,21,23). The van der Waals surface area contributed by atoms with E-state index in [9.17, 15) is 9.59 Å². The summed E-state index contributed by atoms with van der Waals surface area (Å²) in [5.74, 6) is 1.28. The molecule has 1 atom stereocenters. The predicted octanol–water partition coefficient (Wildman–Crippen LogP) is 4.30. The van der Waals surface area contributed by atoms with Crippen LogP contribution in [0.2, 0.25) is 0 Å². The molecule has 3 rings (SSSR count). The third-order valence-corrected chi connectivity index (χ3v) is 5.52. The van der Waals surface area contributed by atoms with Crippen LogP contribution < -0.4 is 10.1 Å². The lowest BCUT2D eigenvalue weighted by Gasteiger charge is -2.19. The summed E-state index contributed by atoms with van der Waals surface area (Å²) in [6, 6.07) is 11.6. The lowest BCUT2D eigenvalue weighted by atomic mass is 10.0. The highest BCUT2D eigenvalue weighted by molar-refractivity contribution is 7.14. The quantitative estimate of drug-likeness (QED) is 0.717. The van der Waals surface area contributed by atoms with E-state index in [4.69, 9.17) is 4.74 Å². The minimum absolute atomic E-state index is 0.0255. The first-order chi connectivity index (χ1) is 12.1. The predicted molar refractivity (Wildman–Crippen MR) is 99.2 cm³/mol. The maximum atomic E-state index is 12.3. The average Bonchev–Trinajstić information content (AvgIpc) is 3.38. The normalized spacial score (nSPS) is 14.8. The van der Waals surface area contributed by atoms with Gasteiger partial charge in [-0.05, 0) is 55.5 Å². The van der Waals surface area contributed by atoms with Crippen molar-refractivity contribution >= 4 is 23.0 Å². The summed E-state index contributed by atoms with van der Waals surface area (Å²) in [7, 11) is 1.64. The number of amides is 1. The van der Waals surface area contributed by atoms with Gasteiger partial charge in [-0.25, -0.2) is 0 Å². The Hall–Kier alpha value is -2.14. The lowest BCUT2D eigenvalue weighted by molar-refractivity contribution is -0.122. The van der Waals surface area contributed by atoms with E-state index in [1.165, 1.54) is 11.3 Å². The van der Waals surface area contributed by atoms with Crippen LogP contribution in [0.4, 0.5) is 0 Å². The molecule has 5 heteroatoms. The van der Waals surface area contributed by atoms with Gasteiger partial charge in [0, 0.05) is 17.7 Å². The Balaban J connectivity index is 1.56. The molecule has 2 aromatic rings. The molecule has 0 bridgehead atoms. The lowest BCUT2D eigenvalue weighted by Crippen LogP contribution is -2.30. The fraction of sp³-hybridized carbons (Fsp3) is 0.400. The highest BCUT2D eigenvalue weighted by atomic mass is 32.1. The van der Waals surface area contributed by atoms with Crippen LogP contribution in [0.1, 0.15) is 51.8 Å². The van der Waals surface area contributed by atoms with E-state index in [-0.39, 0.29) is 30.6 Å². The Morgan fingerprint density at radius 2 is 1.88 bits per heavy atom. The van der Waals surface area contributed by atoms with Gasteiger partial charge in [-0.1, -0.05) is 12.1 Å². The third-order valence-electron chi connectivity index (χ3n) is 4.48. The van der Waals surface area contributed by atoms with E-state index in [0.29, 0.717) is 5.92 Å². The Morgan fingerprint density at radius 3 is 2.44 bits per heavy atom. The Labute approximate surface area is 152 Å². The smallest absolute Gasteiger partial charge is 0.220 e. The van der Waals surface area contributed by atoms with Crippen molar-refractivity contribution in [3.05, 3.63) is 51.7 Å². The topological polar surface area (TPSA) is 55.4 Å². The van der Waals surface area contributed by atoms with Gasteiger partial charge in [0.1, 0.15) is 5.75 Å². The number of ketones is 1. The van der Waals surface area contributed by atoms with Gasteiger partial charge in [-0.15, -0.1) is 11.3 Å². The second-order valence-electron chi connectivity index (χ2n) is 6.49. The number of methoxy groups -OCH3 is 1. The molecule has 1 aromatic heterocycles. The Bertz CT molecular complexity index is 747. The maximum absolute atomic E-state index is 12.3. The van der Waals surface area contributed by atoms with E-state index in [2.05, 4.69) is 5.32 Å². The summed E-state index contributed by atoms with van der Waals surface area (Å²) in [5.41, 5.74) is 1.09. The molecule has 1 aromatic carbocycles. The van der Waals surface area contributed by atoms with Crippen molar-refractivity contribution in [2.24, 2.45) is 5.92 Å². The minimum Gasteiger partial charge on any atom is -0.497 e. The molecule has 0 spiro atoms. The van der Waals surface area contributed by atoms with Gasteiger partial charge in [0.2, 0.25) is 5.91 Å². The van der Waals surface area contributed by atoms with E-state index in [1.54, 1.807) is 7.11 Å². The van der Waals surface area contributed by atoms with Crippen LogP contribution in [0.25, 0.3) is 0 Å². The van der Waals surface area contributed by atoms with Crippen LogP contribution in [-0.2, 0) is 4.79 Å². The van der Waals surface area contributed by atoms with Crippen molar-refractivity contribution < 1.29 is 14.3 Å². The summed E-state index contributed by atoms with van der Waals surface area (Å²) in [4.78, 5) is 26.3. The highest BCUT2D eigenvalue weighted by Gasteiger charge is 2.33. The second-order valence-corrected chi connectivity index (χ2v) is 7.78. The van der Waals surface area contributed by atoms with Crippen LogP contribution in [0.3, 0.4) is 0 Å². The van der Waals surface area contributed by atoms with Crippen molar-refractivity contribution in [1.82, 2.24) is 5.32 Å². The van der Waals surface area contributed by atoms with Crippen LogP contribution >= 0.6 is 11.3 Å². The molecule has 1 amide bonds. The summed E-state index contributed by atoms with van der Waals surface area (Å²) in [6.07, 6.45) is 2.75. The monoisotopic (exact) mass is 357 g/mol. The van der Waals surface area contributed by atoms with Crippen molar-refractivity contribution in [2.75, 3.05) is 7.11 Å². The van der Waals surface area contributed by atoms with Gasteiger partial charge in [-0.3, -0.25) is 9.59 Å². The molecule has 1 heterocycles. The zero-order chi connectivity index (χ0) is 17.8. The number of rotatable bonds is 8. The van der Waals surface area contributed by atoms with Gasteiger partial charge in [0.15, 0.2) is 5.78 Å². The van der Waals surface area contributed by atoms with E-state index >= 15 is 0 Å². The second kappa shape index (κ2) is 7.83. The summed E-state index contributed by atoms with van der Waals surface area (Å²) < 4.78 is 5.19. The molecule has 0 radical (unpaired) electrons. The van der Waals surface area contributed by atoms with Gasteiger partial charge in [0.25, 0.3) is 0 Å². The number of hydrogen-bond donors (Lipinski definition) is 1. The summed E-state index contributed by atoms with van der Waals surface area (Å²) in [5, 5.41) is 3.12. The molecule has 25 heavy (non-hydrogen) atoms. The van der Waals surface area contributed by atoms with Crippen molar-refractivity contribution in [3.8, 4) is 5.75 Å². The molecule has 1 aliphatic carbocycles. The average molecular weight is 357 g/mol. The van der Waals surface area contributed by atoms with Crippen molar-refractivity contribution in [2.45, 2.75) is 38.6 Å². The molecular formula is C20H23NO3S. The number of ether oxygens (including phenoxy) is 1. The number of hydrogen-bond acceptors (Lipinski definition) is 4.